The van der Waals surface area contributed by atoms with Crippen LogP contribution in [0, 0.1) is 13.8 Å². The number of aromatic nitrogens is 2. The molecule has 4 heteroatoms. The first-order valence-corrected chi connectivity index (χ1v) is 6.75. The molecule has 0 saturated heterocycles. The summed E-state index contributed by atoms with van der Waals surface area (Å²) in [5.41, 5.74) is 2.06. The van der Waals surface area contributed by atoms with Crippen LogP contribution in [0.25, 0.3) is 0 Å². The van der Waals surface area contributed by atoms with Gasteiger partial charge in [0.25, 0.3) is 0 Å². The standard InChI is InChI=1S/C15H17ClN2O/c1-4-5-12-6-8-13(9-7-12)19-15-10(2)14(16)17-11(3)18-15/h6-9H,4-5H2,1-3H3. The molecule has 2 rings (SSSR count). The Bertz CT molecular complexity index is 567. The smallest absolute Gasteiger partial charge is 0.226 e. The van der Waals surface area contributed by atoms with Crippen molar-refractivity contribution in [2.24, 2.45) is 0 Å². The second-order valence-electron chi connectivity index (χ2n) is 4.49. The molecule has 0 aliphatic carbocycles. The van der Waals surface area contributed by atoms with Gasteiger partial charge in [0.15, 0.2) is 0 Å². The van der Waals surface area contributed by atoms with Gasteiger partial charge in [0.2, 0.25) is 5.88 Å². The maximum atomic E-state index is 6.02. The van der Waals surface area contributed by atoms with Crippen LogP contribution in [0.2, 0.25) is 5.15 Å². The van der Waals surface area contributed by atoms with Gasteiger partial charge < -0.3 is 4.74 Å². The molecule has 100 valence electrons. The summed E-state index contributed by atoms with van der Waals surface area (Å²) in [6, 6.07) is 8.05. The Morgan fingerprint density at radius 3 is 2.42 bits per heavy atom. The van der Waals surface area contributed by atoms with Gasteiger partial charge in [-0.1, -0.05) is 37.1 Å². The number of aryl methyl sites for hydroxylation is 2. The van der Waals surface area contributed by atoms with Crippen LogP contribution < -0.4 is 4.74 Å². The van der Waals surface area contributed by atoms with Crippen molar-refractivity contribution in [3.8, 4) is 11.6 Å². The molecular weight excluding hydrogens is 260 g/mol. The minimum atomic E-state index is 0.435. The van der Waals surface area contributed by atoms with E-state index >= 15 is 0 Å². The van der Waals surface area contributed by atoms with Crippen molar-refractivity contribution in [3.63, 3.8) is 0 Å². The maximum Gasteiger partial charge on any atom is 0.226 e. The van der Waals surface area contributed by atoms with Crippen LogP contribution >= 0.6 is 11.6 Å². The normalized spacial score (nSPS) is 10.5. The predicted octanol–water partition coefficient (Wildman–Crippen LogP) is 4.49. The van der Waals surface area contributed by atoms with Gasteiger partial charge >= 0.3 is 0 Å². The summed E-state index contributed by atoms with van der Waals surface area (Å²) in [5.74, 6) is 1.88. The van der Waals surface area contributed by atoms with E-state index in [-0.39, 0.29) is 0 Å². The van der Waals surface area contributed by atoms with E-state index in [4.69, 9.17) is 16.3 Å². The minimum absolute atomic E-state index is 0.435. The third kappa shape index (κ3) is 3.44. The van der Waals surface area contributed by atoms with Crippen molar-refractivity contribution in [3.05, 3.63) is 46.4 Å². The van der Waals surface area contributed by atoms with Crippen LogP contribution in [0.5, 0.6) is 11.6 Å². The lowest BCUT2D eigenvalue weighted by molar-refractivity contribution is 0.455. The van der Waals surface area contributed by atoms with Gasteiger partial charge in [-0.25, -0.2) is 4.98 Å². The van der Waals surface area contributed by atoms with Gasteiger partial charge in [0, 0.05) is 5.56 Å². The van der Waals surface area contributed by atoms with Crippen LogP contribution in [0.15, 0.2) is 24.3 Å². The molecule has 0 aliphatic heterocycles. The molecule has 1 heterocycles. The molecular formula is C15H17ClN2O. The van der Waals surface area contributed by atoms with Gasteiger partial charge in [-0.2, -0.15) is 4.98 Å². The average molecular weight is 277 g/mol. The molecule has 0 amide bonds. The van der Waals surface area contributed by atoms with E-state index in [1.165, 1.54) is 5.56 Å². The number of benzene rings is 1. The summed E-state index contributed by atoms with van der Waals surface area (Å²) in [6.07, 6.45) is 2.22. The zero-order chi connectivity index (χ0) is 13.8. The molecule has 0 bridgehead atoms. The molecule has 0 fully saturated rings. The largest absolute Gasteiger partial charge is 0.439 e. The highest BCUT2D eigenvalue weighted by Crippen LogP contribution is 2.27. The SMILES string of the molecule is CCCc1ccc(Oc2nc(C)nc(Cl)c2C)cc1. The van der Waals surface area contributed by atoms with Crippen LogP contribution in [-0.2, 0) is 6.42 Å². The van der Waals surface area contributed by atoms with E-state index in [1.54, 1.807) is 6.92 Å². The molecule has 1 aromatic heterocycles. The highest BCUT2D eigenvalue weighted by molar-refractivity contribution is 6.30. The van der Waals surface area contributed by atoms with E-state index in [2.05, 4.69) is 29.0 Å². The molecule has 2 aromatic rings. The predicted molar refractivity (Wildman–Crippen MR) is 77.0 cm³/mol. The fourth-order valence-corrected chi connectivity index (χ4v) is 2.00. The molecule has 0 spiro atoms. The number of hydrogen-bond donors (Lipinski definition) is 0. The lowest BCUT2D eigenvalue weighted by Gasteiger charge is -2.09. The van der Waals surface area contributed by atoms with E-state index < -0.39 is 0 Å². The first-order chi connectivity index (χ1) is 9.10. The van der Waals surface area contributed by atoms with Crippen molar-refractivity contribution >= 4 is 11.6 Å². The molecule has 0 atom stereocenters. The first-order valence-electron chi connectivity index (χ1n) is 6.37. The summed E-state index contributed by atoms with van der Waals surface area (Å²) in [5, 5.41) is 0.435. The van der Waals surface area contributed by atoms with Crippen molar-refractivity contribution < 1.29 is 4.74 Å². The molecule has 0 aliphatic rings. The lowest BCUT2D eigenvalue weighted by atomic mass is 10.1. The Morgan fingerprint density at radius 2 is 1.79 bits per heavy atom. The van der Waals surface area contributed by atoms with Crippen LogP contribution in [0.3, 0.4) is 0 Å². The lowest BCUT2D eigenvalue weighted by Crippen LogP contribution is -1.97. The van der Waals surface area contributed by atoms with Gasteiger partial charge in [-0.05, 0) is 38.0 Å². The number of ether oxygens (including phenoxy) is 1. The first kappa shape index (κ1) is 13.8. The van der Waals surface area contributed by atoms with Crippen LogP contribution in [0.1, 0.15) is 30.3 Å². The van der Waals surface area contributed by atoms with Gasteiger partial charge in [-0.3, -0.25) is 0 Å². The van der Waals surface area contributed by atoms with E-state index in [1.807, 2.05) is 19.1 Å². The van der Waals surface area contributed by atoms with E-state index in [9.17, 15) is 0 Å². The Morgan fingerprint density at radius 1 is 1.11 bits per heavy atom. The second-order valence-corrected chi connectivity index (χ2v) is 4.85. The highest BCUT2D eigenvalue weighted by Gasteiger charge is 2.09. The Hall–Kier alpha value is -1.61. The fourth-order valence-electron chi connectivity index (χ4n) is 1.79. The summed E-state index contributed by atoms with van der Waals surface area (Å²) in [6.45, 7) is 5.81. The van der Waals surface area contributed by atoms with E-state index in [0.717, 1.165) is 24.2 Å². The Labute approximate surface area is 118 Å². The van der Waals surface area contributed by atoms with Gasteiger partial charge in [-0.15, -0.1) is 0 Å². The average Bonchev–Trinajstić information content (AvgIpc) is 2.38. The fraction of sp³-hybridized carbons (Fsp3) is 0.333. The molecule has 3 nitrogen and oxygen atoms in total. The van der Waals surface area contributed by atoms with Crippen molar-refractivity contribution in [1.82, 2.24) is 9.97 Å². The number of nitrogens with zero attached hydrogens (tertiary/aromatic N) is 2. The third-order valence-corrected chi connectivity index (χ3v) is 3.20. The van der Waals surface area contributed by atoms with Crippen molar-refractivity contribution in [1.29, 1.82) is 0 Å². The van der Waals surface area contributed by atoms with Crippen molar-refractivity contribution in [2.75, 3.05) is 0 Å². The summed E-state index contributed by atoms with van der Waals surface area (Å²) in [4.78, 5) is 8.36. The second kappa shape index (κ2) is 6.02. The quantitative estimate of drug-likeness (QED) is 0.772. The molecule has 0 radical (unpaired) electrons. The molecule has 0 N–H and O–H groups in total. The van der Waals surface area contributed by atoms with E-state index in [0.29, 0.717) is 16.9 Å². The Kier molecular flexibility index (Phi) is 4.38. The highest BCUT2D eigenvalue weighted by atomic mass is 35.5. The molecule has 0 saturated carbocycles. The van der Waals surface area contributed by atoms with Crippen LogP contribution in [0.4, 0.5) is 0 Å². The Balaban J connectivity index is 2.21. The molecule has 0 unspecified atom stereocenters. The molecule has 19 heavy (non-hydrogen) atoms. The summed E-state index contributed by atoms with van der Waals surface area (Å²) in [7, 11) is 0. The number of rotatable bonds is 4. The minimum Gasteiger partial charge on any atom is -0.439 e. The molecule has 1 aromatic carbocycles. The maximum absolute atomic E-state index is 6.02. The number of halogens is 1. The van der Waals surface area contributed by atoms with Crippen LogP contribution in [-0.4, -0.2) is 9.97 Å². The van der Waals surface area contributed by atoms with Gasteiger partial charge in [0.1, 0.15) is 16.7 Å². The third-order valence-electron chi connectivity index (χ3n) is 2.83. The summed E-state index contributed by atoms with van der Waals surface area (Å²) < 4.78 is 5.77. The van der Waals surface area contributed by atoms with Gasteiger partial charge in [0.05, 0.1) is 0 Å². The zero-order valence-corrected chi connectivity index (χ0v) is 12.2. The monoisotopic (exact) mass is 276 g/mol. The zero-order valence-electron chi connectivity index (χ0n) is 11.4. The summed E-state index contributed by atoms with van der Waals surface area (Å²) >= 11 is 6.02. The van der Waals surface area contributed by atoms with Crippen molar-refractivity contribution in [2.45, 2.75) is 33.6 Å². The number of hydrogen-bond acceptors (Lipinski definition) is 3. The topological polar surface area (TPSA) is 35.0 Å².